The van der Waals surface area contributed by atoms with E-state index in [1.807, 2.05) is 42.3 Å². The summed E-state index contributed by atoms with van der Waals surface area (Å²) in [4.78, 5) is 35.0. The molecule has 0 saturated carbocycles. The number of methoxy groups -OCH3 is 1. The van der Waals surface area contributed by atoms with E-state index in [0.29, 0.717) is 25.3 Å². The van der Waals surface area contributed by atoms with Crippen molar-refractivity contribution < 1.29 is 9.53 Å². The Labute approximate surface area is 158 Å². The Morgan fingerprint density at radius 3 is 2.85 bits per heavy atom. The van der Waals surface area contributed by atoms with Crippen molar-refractivity contribution in [2.75, 3.05) is 33.0 Å². The highest BCUT2D eigenvalue weighted by atomic mass is 16.5. The zero-order valence-corrected chi connectivity index (χ0v) is 15.6. The standard InChI is InChI=1S/C19H25N5O3/c1-23(11-14-10-16(25)22-19(20)21-14)15-8-9-24(12-15)18(26)17(27-2)13-6-4-3-5-7-13/h3-7,10,15,17H,8-9,11-12H2,1-2H3,(H3,20,21,22,25)/t15-,17+/m1/s1. The van der Waals surface area contributed by atoms with Crippen molar-refractivity contribution in [1.29, 1.82) is 0 Å². The van der Waals surface area contributed by atoms with Crippen LogP contribution < -0.4 is 11.3 Å². The molecule has 0 unspecified atom stereocenters. The van der Waals surface area contributed by atoms with Crippen LogP contribution in [-0.4, -0.2) is 59.0 Å². The molecule has 1 fully saturated rings. The second-order valence-corrected chi connectivity index (χ2v) is 6.79. The lowest BCUT2D eigenvalue weighted by molar-refractivity contribution is -0.141. The maximum atomic E-state index is 12.9. The molecule has 1 aliphatic rings. The molecule has 1 saturated heterocycles. The van der Waals surface area contributed by atoms with Gasteiger partial charge in [-0.25, -0.2) is 4.98 Å². The van der Waals surface area contributed by atoms with Gasteiger partial charge in [-0.3, -0.25) is 19.5 Å². The molecule has 27 heavy (non-hydrogen) atoms. The molecule has 8 nitrogen and oxygen atoms in total. The molecular formula is C19H25N5O3. The number of aromatic nitrogens is 2. The minimum atomic E-state index is -0.593. The fourth-order valence-corrected chi connectivity index (χ4v) is 3.47. The van der Waals surface area contributed by atoms with Crippen molar-refractivity contribution in [3.8, 4) is 0 Å². The predicted molar refractivity (Wildman–Crippen MR) is 102 cm³/mol. The van der Waals surface area contributed by atoms with E-state index in [9.17, 15) is 9.59 Å². The summed E-state index contributed by atoms with van der Waals surface area (Å²) in [6.45, 7) is 1.78. The third-order valence-electron chi connectivity index (χ3n) is 4.89. The highest BCUT2D eigenvalue weighted by Gasteiger charge is 2.33. The van der Waals surface area contributed by atoms with Crippen molar-refractivity contribution in [1.82, 2.24) is 19.8 Å². The second kappa shape index (κ2) is 8.32. The predicted octanol–water partition coefficient (Wildman–Crippen LogP) is 0.773. The summed E-state index contributed by atoms with van der Waals surface area (Å²) in [5.74, 6) is 0.0815. The number of carbonyl (C=O) groups excluding carboxylic acids is 1. The number of hydrogen-bond donors (Lipinski definition) is 2. The topological polar surface area (TPSA) is 105 Å². The van der Waals surface area contributed by atoms with Crippen LogP contribution in [0.25, 0.3) is 0 Å². The Bertz CT molecular complexity index is 839. The first kappa shape index (κ1) is 19.1. The third kappa shape index (κ3) is 4.53. The molecule has 3 rings (SSSR count). The third-order valence-corrected chi connectivity index (χ3v) is 4.89. The summed E-state index contributed by atoms with van der Waals surface area (Å²) in [6, 6.07) is 11.1. The van der Waals surface area contributed by atoms with Gasteiger partial charge >= 0.3 is 0 Å². The van der Waals surface area contributed by atoms with E-state index in [2.05, 4.69) is 14.9 Å². The lowest BCUT2D eigenvalue weighted by atomic mass is 10.1. The van der Waals surface area contributed by atoms with E-state index >= 15 is 0 Å². The molecule has 0 bridgehead atoms. The van der Waals surface area contributed by atoms with Crippen molar-refractivity contribution >= 4 is 11.9 Å². The molecule has 0 radical (unpaired) electrons. The van der Waals surface area contributed by atoms with E-state index in [-0.39, 0.29) is 23.5 Å². The van der Waals surface area contributed by atoms with Crippen LogP contribution in [0.15, 0.2) is 41.2 Å². The summed E-state index contributed by atoms with van der Waals surface area (Å²) in [5, 5.41) is 0. The largest absolute Gasteiger partial charge is 0.369 e. The van der Waals surface area contributed by atoms with Crippen LogP contribution in [0, 0.1) is 0 Å². The quantitative estimate of drug-likeness (QED) is 0.777. The van der Waals surface area contributed by atoms with E-state index < -0.39 is 6.10 Å². The van der Waals surface area contributed by atoms with Gasteiger partial charge in [-0.05, 0) is 19.0 Å². The van der Waals surface area contributed by atoms with Crippen LogP contribution in [-0.2, 0) is 16.1 Å². The number of carbonyl (C=O) groups is 1. The number of nitrogen functional groups attached to an aromatic ring is 1. The number of ether oxygens (including phenoxy) is 1. The number of anilines is 1. The Balaban J connectivity index is 1.63. The average molecular weight is 371 g/mol. The summed E-state index contributed by atoms with van der Waals surface area (Å²) in [5.41, 5.74) is 6.80. The van der Waals surface area contributed by atoms with Gasteiger partial charge in [-0.15, -0.1) is 0 Å². The number of likely N-dealkylation sites (tertiary alicyclic amines) is 1. The first-order valence-corrected chi connectivity index (χ1v) is 8.90. The molecule has 2 heterocycles. The number of nitrogens with zero attached hydrogens (tertiary/aromatic N) is 3. The van der Waals surface area contributed by atoms with Crippen LogP contribution in [0.4, 0.5) is 5.95 Å². The Hall–Kier alpha value is -2.71. The monoisotopic (exact) mass is 371 g/mol. The van der Waals surface area contributed by atoms with E-state index in [0.717, 1.165) is 12.0 Å². The van der Waals surface area contributed by atoms with Crippen LogP contribution >= 0.6 is 0 Å². The molecule has 144 valence electrons. The normalized spacial score (nSPS) is 18.0. The number of benzene rings is 1. The van der Waals surface area contributed by atoms with Gasteiger partial charge in [0, 0.05) is 38.9 Å². The van der Waals surface area contributed by atoms with Crippen molar-refractivity contribution in [3.05, 3.63) is 58.0 Å². The highest BCUT2D eigenvalue weighted by molar-refractivity contribution is 5.82. The molecule has 8 heteroatoms. The minimum absolute atomic E-state index is 0.0295. The van der Waals surface area contributed by atoms with Gasteiger partial charge in [-0.1, -0.05) is 30.3 Å². The fourth-order valence-electron chi connectivity index (χ4n) is 3.47. The van der Waals surface area contributed by atoms with Crippen LogP contribution in [0.5, 0.6) is 0 Å². The van der Waals surface area contributed by atoms with Gasteiger partial charge in [0.2, 0.25) is 5.95 Å². The summed E-state index contributed by atoms with van der Waals surface area (Å²) in [6.07, 6.45) is 0.260. The average Bonchev–Trinajstić information content (AvgIpc) is 3.12. The molecule has 2 atom stereocenters. The number of nitrogens with one attached hydrogen (secondary N) is 1. The Morgan fingerprint density at radius 1 is 1.44 bits per heavy atom. The number of likely N-dealkylation sites (N-methyl/N-ethyl adjacent to an activating group) is 1. The van der Waals surface area contributed by atoms with Gasteiger partial charge in [0.25, 0.3) is 11.5 Å². The van der Waals surface area contributed by atoms with Crippen LogP contribution in [0.3, 0.4) is 0 Å². The number of amides is 1. The van der Waals surface area contributed by atoms with Gasteiger partial charge in [0.1, 0.15) is 0 Å². The molecule has 1 aliphatic heterocycles. The van der Waals surface area contributed by atoms with Crippen molar-refractivity contribution in [3.63, 3.8) is 0 Å². The van der Waals surface area contributed by atoms with Gasteiger partial charge in [0.15, 0.2) is 6.10 Å². The molecule has 1 aromatic carbocycles. The first-order chi connectivity index (χ1) is 13.0. The summed E-state index contributed by atoms with van der Waals surface area (Å²) < 4.78 is 5.46. The molecule has 1 aromatic heterocycles. The van der Waals surface area contributed by atoms with Crippen molar-refractivity contribution in [2.24, 2.45) is 0 Å². The molecule has 3 N–H and O–H groups in total. The number of H-pyrrole nitrogens is 1. The minimum Gasteiger partial charge on any atom is -0.369 e. The smallest absolute Gasteiger partial charge is 0.256 e. The van der Waals surface area contributed by atoms with E-state index in [1.165, 1.54) is 6.07 Å². The molecule has 1 amide bonds. The van der Waals surface area contributed by atoms with Crippen LogP contribution in [0.2, 0.25) is 0 Å². The summed E-state index contributed by atoms with van der Waals surface area (Å²) in [7, 11) is 3.51. The second-order valence-electron chi connectivity index (χ2n) is 6.79. The zero-order valence-electron chi connectivity index (χ0n) is 15.6. The van der Waals surface area contributed by atoms with E-state index in [1.54, 1.807) is 7.11 Å². The maximum Gasteiger partial charge on any atom is 0.256 e. The molecular weight excluding hydrogens is 346 g/mol. The Kier molecular flexibility index (Phi) is 5.88. The maximum absolute atomic E-state index is 12.9. The lowest BCUT2D eigenvalue weighted by Crippen LogP contribution is -2.38. The van der Waals surface area contributed by atoms with Crippen LogP contribution in [0.1, 0.15) is 23.8 Å². The highest BCUT2D eigenvalue weighted by Crippen LogP contribution is 2.23. The van der Waals surface area contributed by atoms with Crippen molar-refractivity contribution in [2.45, 2.75) is 25.1 Å². The molecule has 0 aliphatic carbocycles. The number of rotatable bonds is 6. The van der Waals surface area contributed by atoms with Gasteiger partial charge < -0.3 is 15.4 Å². The van der Waals surface area contributed by atoms with Gasteiger partial charge in [-0.2, -0.15) is 0 Å². The number of nitrogens with two attached hydrogens (primary N) is 1. The molecule has 2 aromatic rings. The molecule has 0 spiro atoms. The Morgan fingerprint density at radius 2 is 2.19 bits per heavy atom. The fraction of sp³-hybridized carbons (Fsp3) is 0.421. The first-order valence-electron chi connectivity index (χ1n) is 8.90. The zero-order chi connectivity index (χ0) is 19.4. The van der Waals surface area contributed by atoms with E-state index in [4.69, 9.17) is 10.5 Å². The SMILES string of the molecule is CO[C@H](C(=O)N1CC[C@@H](N(C)Cc2cc(=O)[nH]c(N)n2)C1)c1ccccc1. The number of aromatic amines is 1. The van der Waals surface area contributed by atoms with Gasteiger partial charge in [0.05, 0.1) is 5.69 Å². The lowest BCUT2D eigenvalue weighted by Gasteiger charge is -2.26. The summed E-state index contributed by atoms with van der Waals surface area (Å²) >= 11 is 0. The number of hydrogen-bond acceptors (Lipinski definition) is 6.